The molecule has 142 valence electrons. The number of thioether (sulfide) groups is 1. The summed E-state index contributed by atoms with van der Waals surface area (Å²) in [6.45, 7) is 0. The number of hydrogen-bond donors (Lipinski definition) is 1. The van der Waals surface area contributed by atoms with E-state index in [0.29, 0.717) is 14.9 Å². The van der Waals surface area contributed by atoms with Crippen LogP contribution in [0.3, 0.4) is 0 Å². The second-order valence-corrected chi connectivity index (χ2v) is 7.24. The number of carbonyl (C=O) groups excluding carboxylic acids is 1. The van der Waals surface area contributed by atoms with Crippen molar-refractivity contribution >= 4 is 56.2 Å². The first-order valence-electron chi connectivity index (χ1n) is 7.43. The molecule has 0 aromatic heterocycles. The predicted octanol–water partition coefficient (Wildman–Crippen LogP) is 3.99. The number of nitrogens with zero attached hydrogens (tertiary/aromatic N) is 3. The van der Waals surface area contributed by atoms with E-state index in [0.717, 1.165) is 30.0 Å². The van der Waals surface area contributed by atoms with Crippen LogP contribution in [-0.4, -0.2) is 20.9 Å². The molecule has 0 aliphatic carbocycles. The zero-order chi connectivity index (χ0) is 20.4. The third-order valence-electron chi connectivity index (χ3n) is 3.46. The topological polar surface area (TPSA) is 151 Å². The van der Waals surface area contributed by atoms with Gasteiger partial charge in [-0.05, 0) is 57.5 Å². The first-order chi connectivity index (χ1) is 13.2. The lowest BCUT2D eigenvalue weighted by molar-refractivity contribution is -0.394. The molecule has 12 heteroatoms. The number of amides is 1. The summed E-state index contributed by atoms with van der Waals surface area (Å²) in [6, 6.07) is 7.91. The molecule has 10 nitrogen and oxygen atoms in total. The molecule has 0 spiro atoms. The SMILES string of the molecule is NC1=NC(=O)/C(=C/c2ccc(Oc3ccc([N+](=O)[O-])cc3[N+](=O)[O-])c(Br)c2)S1. The predicted molar refractivity (Wildman–Crippen MR) is 106 cm³/mol. The minimum Gasteiger partial charge on any atom is -0.449 e. The number of non-ortho nitro benzene ring substituents is 1. The van der Waals surface area contributed by atoms with E-state index in [2.05, 4.69) is 20.9 Å². The van der Waals surface area contributed by atoms with Gasteiger partial charge in [0.1, 0.15) is 5.75 Å². The van der Waals surface area contributed by atoms with Gasteiger partial charge in [0.15, 0.2) is 5.17 Å². The maximum absolute atomic E-state index is 11.7. The highest BCUT2D eigenvalue weighted by Gasteiger charge is 2.22. The number of nitro groups is 2. The zero-order valence-corrected chi connectivity index (χ0v) is 16.1. The third-order valence-corrected chi connectivity index (χ3v) is 4.89. The van der Waals surface area contributed by atoms with Gasteiger partial charge in [0.25, 0.3) is 11.6 Å². The van der Waals surface area contributed by atoms with Crippen LogP contribution in [0.4, 0.5) is 11.4 Å². The van der Waals surface area contributed by atoms with E-state index in [1.165, 1.54) is 6.07 Å². The maximum atomic E-state index is 11.7. The highest BCUT2D eigenvalue weighted by atomic mass is 79.9. The molecular weight excluding hydrogens is 456 g/mol. The number of rotatable bonds is 5. The fourth-order valence-corrected chi connectivity index (χ4v) is 3.39. The summed E-state index contributed by atoms with van der Waals surface area (Å²) in [6.07, 6.45) is 1.60. The molecule has 2 aromatic carbocycles. The zero-order valence-electron chi connectivity index (χ0n) is 13.7. The molecule has 1 aliphatic rings. The fraction of sp³-hybridized carbons (Fsp3) is 0. The molecule has 28 heavy (non-hydrogen) atoms. The number of nitrogens with two attached hydrogens (primary N) is 1. The molecule has 0 radical (unpaired) electrons. The van der Waals surface area contributed by atoms with Gasteiger partial charge in [0.2, 0.25) is 5.75 Å². The summed E-state index contributed by atoms with van der Waals surface area (Å²) < 4.78 is 6.01. The van der Waals surface area contributed by atoms with Gasteiger partial charge >= 0.3 is 5.69 Å². The Bertz CT molecular complexity index is 1080. The molecule has 0 saturated carbocycles. The van der Waals surface area contributed by atoms with Crippen LogP contribution in [0.2, 0.25) is 0 Å². The summed E-state index contributed by atoms with van der Waals surface area (Å²) in [5.74, 6) is -0.328. The van der Waals surface area contributed by atoms with Crippen molar-refractivity contribution in [2.45, 2.75) is 0 Å². The molecule has 2 N–H and O–H groups in total. The van der Waals surface area contributed by atoms with E-state index in [1.807, 2.05) is 0 Å². The van der Waals surface area contributed by atoms with Crippen molar-refractivity contribution < 1.29 is 19.4 Å². The molecule has 1 aliphatic heterocycles. The summed E-state index contributed by atoms with van der Waals surface area (Å²) in [7, 11) is 0. The smallest absolute Gasteiger partial charge is 0.318 e. The minimum absolute atomic E-state index is 0.148. The van der Waals surface area contributed by atoms with Crippen LogP contribution < -0.4 is 10.5 Å². The van der Waals surface area contributed by atoms with Gasteiger partial charge in [-0.15, -0.1) is 0 Å². The molecule has 0 atom stereocenters. The second kappa shape index (κ2) is 7.78. The van der Waals surface area contributed by atoms with Crippen molar-refractivity contribution in [3.63, 3.8) is 0 Å². The van der Waals surface area contributed by atoms with Gasteiger partial charge in [-0.2, -0.15) is 4.99 Å². The van der Waals surface area contributed by atoms with Crippen LogP contribution in [0.25, 0.3) is 6.08 Å². The largest absolute Gasteiger partial charge is 0.449 e. The van der Waals surface area contributed by atoms with Gasteiger partial charge < -0.3 is 10.5 Å². The molecule has 1 amide bonds. The number of amidine groups is 1. The van der Waals surface area contributed by atoms with Crippen LogP contribution in [0.5, 0.6) is 11.5 Å². The van der Waals surface area contributed by atoms with Crippen molar-refractivity contribution in [2.24, 2.45) is 10.7 Å². The van der Waals surface area contributed by atoms with Gasteiger partial charge in [-0.25, -0.2) is 0 Å². The Balaban J connectivity index is 1.88. The highest BCUT2D eigenvalue weighted by molar-refractivity contribution is 9.10. The number of carbonyl (C=O) groups is 1. The Morgan fingerprint density at radius 3 is 2.39 bits per heavy atom. The number of halogens is 1. The Labute approximate surface area is 169 Å². The molecule has 1 heterocycles. The number of nitro benzene ring substituents is 2. The van der Waals surface area contributed by atoms with Crippen molar-refractivity contribution in [3.8, 4) is 11.5 Å². The van der Waals surface area contributed by atoms with E-state index in [-0.39, 0.29) is 16.7 Å². The summed E-state index contributed by atoms with van der Waals surface area (Å²) in [5, 5.41) is 22.2. The van der Waals surface area contributed by atoms with Gasteiger partial charge in [-0.1, -0.05) is 6.07 Å². The highest BCUT2D eigenvalue weighted by Crippen LogP contribution is 2.38. The molecular formula is C16H9BrN4O6S. The van der Waals surface area contributed by atoms with E-state index < -0.39 is 27.1 Å². The van der Waals surface area contributed by atoms with Crippen LogP contribution in [0, 0.1) is 20.2 Å². The van der Waals surface area contributed by atoms with E-state index in [4.69, 9.17) is 10.5 Å². The lowest BCUT2D eigenvalue weighted by Crippen LogP contribution is -2.01. The van der Waals surface area contributed by atoms with Crippen LogP contribution in [0.1, 0.15) is 5.56 Å². The fourth-order valence-electron chi connectivity index (χ4n) is 2.23. The van der Waals surface area contributed by atoms with E-state index >= 15 is 0 Å². The van der Waals surface area contributed by atoms with Gasteiger partial charge in [0, 0.05) is 6.07 Å². The van der Waals surface area contributed by atoms with Crippen LogP contribution in [0.15, 0.2) is 50.8 Å². The molecule has 2 aromatic rings. The van der Waals surface area contributed by atoms with Crippen molar-refractivity contribution in [3.05, 3.63) is 71.6 Å². The van der Waals surface area contributed by atoms with Crippen LogP contribution in [-0.2, 0) is 4.79 Å². The molecule has 0 saturated heterocycles. The first kappa shape index (κ1) is 19.5. The number of aliphatic imine (C=N–C) groups is 1. The Morgan fingerprint density at radius 1 is 1.11 bits per heavy atom. The van der Waals surface area contributed by atoms with Crippen molar-refractivity contribution in [1.29, 1.82) is 0 Å². The van der Waals surface area contributed by atoms with Crippen molar-refractivity contribution in [2.75, 3.05) is 0 Å². The molecule has 0 fully saturated rings. The normalized spacial score (nSPS) is 14.8. The number of benzene rings is 2. The monoisotopic (exact) mass is 464 g/mol. The Kier molecular flexibility index (Phi) is 5.42. The van der Waals surface area contributed by atoms with E-state index in [9.17, 15) is 25.0 Å². The standard InChI is InChI=1S/C16H9BrN4O6S/c17-10-5-8(6-14-15(22)19-16(18)28-14)1-3-12(10)27-13-4-2-9(20(23)24)7-11(13)21(25)26/h1-7H,(H2,18,19,22)/b14-6-. The third kappa shape index (κ3) is 4.18. The Morgan fingerprint density at radius 2 is 1.82 bits per heavy atom. The second-order valence-electron chi connectivity index (χ2n) is 5.32. The molecule has 3 rings (SSSR count). The minimum atomic E-state index is -0.762. The summed E-state index contributed by atoms with van der Waals surface area (Å²) in [5.41, 5.74) is 5.20. The average molecular weight is 465 g/mol. The lowest BCUT2D eigenvalue weighted by Gasteiger charge is -2.09. The van der Waals surface area contributed by atoms with E-state index in [1.54, 1.807) is 18.2 Å². The first-order valence-corrected chi connectivity index (χ1v) is 9.04. The summed E-state index contributed by atoms with van der Waals surface area (Å²) in [4.78, 5) is 36.2. The van der Waals surface area contributed by atoms with Gasteiger partial charge in [0.05, 0.1) is 25.3 Å². The average Bonchev–Trinajstić information content (AvgIpc) is 2.94. The lowest BCUT2D eigenvalue weighted by atomic mass is 10.2. The maximum Gasteiger partial charge on any atom is 0.318 e. The van der Waals surface area contributed by atoms with Gasteiger partial charge in [-0.3, -0.25) is 25.0 Å². The van der Waals surface area contributed by atoms with Crippen LogP contribution >= 0.6 is 27.7 Å². The molecule has 0 bridgehead atoms. The number of ether oxygens (including phenoxy) is 1. The number of hydrogen-bond acceptors (Lipinski definition) is 8. The molecule has 0 unspecified atom stereocenters. The quantitative estimate of drug-likeness (QED) is 0.396. The van der Waals surface area contributed by atoms with Crippen molar-refractivity contribution in [1.82, 2.24) is 0 Å². The summed E-state index contributed by atoms with van der Waals surface area (Å²) >= 11 is 4.36. The Hall–Kier alpha value is -3.25.